The third-order valence-corrected chi connectivity index (χ3v) is 6.18. The number of anilines is 1. The predicted molar refractivity (Wildman–Crippen MR) is 152 cm³/mol. The third kappa shape index (κ3) is 6.76. The summed E-state index contributed by atoms with van der Waals surface area (Å²) in [6.07, 6.45) is 3.27. The SMILES string of the molecule is COc1c(C(C)(C)C)cc(C(=O)/C=C/c2ccc(C(=O)Nc3ccc(C(=O)O)cc3)cc2)cc1C(C)(C)C. The molecule has 2 N–H and O–H groups in total. The van der Waals surface area contributed by atoms with Gasteiger partial charge in [0, 0.05) is 27.9 Å². The molecule has 198 valence electrons. The molecule has 0 saturated heterocycles. The van der Waals surface area contributed by atoms with Crippen LogP contribution in [0.1, 0.15) is 89.3 Å². The van der Waals surface area contributed by atoms with Gasteiger partial charge in [0.1, 0.15) is 5.75 Å². The van der Waals surface area contributed by atoms with E-state index in [9.17, 15) is 14.4 Å². The quantitative estimate of drug-likeness (QED) is 0.259. The van der Waals surface area contributed by atoms with Crippen LogP contribution >= 0.6 is 0 Å². The highest BCUT2D eigenvalue weighted by atomic mass is 16.5. The van der Waals surface area contributed by atoms with Crippen molar-refractivity contribution in [2.75, 3.05) is 12.4 Å². The van der Waals surface area contributed by atoms with Gasteiger partial charge in [-0.25, -0.2) is 4.79 Å². The minimum atomic E-state index is -1.03. The van der Waals surface area contributed by atoms with Crippen LogP contribution in [0.25, 0.3) is 6.08 Å². The Hall–Kier alpha value is -4.19. The van der Waals surface area contributed by atoms with E-state index >= 15 is 0 Å². The number of carboxylic acid groups (broad SMARTS) is 1. The highest BCUT2D eigenvalue weighted by Gasteiger charge is 2.28. The Morgan fingerprint density at radius 1 is 0.763 bits per heavy atom. The number of carboxylic acids is 1. The Balaban J connectivity index is 1.79. The first-order valence-corrected chi connectivity index (χ1v) is 12.4. The molecule has 0 heterocycles. The molecule has 0 aliphatic rings. The minimum Gasteiger partial charge on any atom is -0.496 e. The van der Waals surface area contributed by atoms with Gasteiger partial charge >= 0.3 is 5.97 Å². The van der Waals surface area contributed by atoms with Crippen LogP contribution < -0.4 is 10.1 Å². The van der Waals surface area contributed by atoms with Gasteiger partial charge in [-0.05, 0) is 71.0 Å². The molecule has 3 aromatic rings. The summed E-state index contributed by atoms with van der Waals surface area (Å²) in [6.45, 7) is 12.6. The van der Waals surface area contributed by atoms with E-state index in [1.165, 1.54) is 12.1 Å². The molecule has 0 atom stereocenters. The average molecular weight is 514 g/mol. The monoisotopic (exact) mass is 513 g/mol. The molecular weight excluding hydrogens is 478 g/mol. The number of aromatic carboxylic acids is 1. The van der Waals surface area contributed by atoms with Gasteiger partial charge in [-0.1, -0.05) is 59.8 Å². The van der Waals surface area contributed by atoms with Crippen LogP contribution in [-0.2, 0) is 10.8 Å². The Morgan fingerprint density at radius 3 is 1.71 bits per heavy atom. The lowest BCUT2D eigenvalue weighted by Crippen LogP contribution is -2.20. The van der Waals surface area contributed by atoms with Crippen molar-refractivity contribution in [2.24, 2.45) is 0 Å². The number of amides is 1. The number of carbonyl (C=O) groups excluding carboxylic acids is 2. The first-order valence-electron chi connectivity index (χ1n) is 12.4. The van der Waals surface area contributed by atoms with Gasteiger partial charge in [0.05, 0.1) is 12.7 Å². The molecular formula is C32H35NO5. The summed E-state index contributed by atoms with van der Waals surface area (Å²) >= 11 is 0. The number of benzene rings is 3. The largest absolute Gasteiger partial charge is 0.496 e. The molecule has 0 aliphatic carbocycles. The number of hydrogen-bond donors (Lipinski definition) is 2. The van der Waals surface area contributed by atoms with E-state index in [4.69, 9.17) is 9.84 Å². The molecule has 0 bridgehead atoms. The zero-order valence-electron chi connectivity index (χ0n) is 23.0. The van der Waals surface area contributed by atoms with Crippen molar-refractivity contribution in [1.82, 2.24) is 0 Å². The highest BCUT2D eigenvalue weighted by molar-refractivity contribution is 6.07. The summed E-state index contributed by atoms with van der Waals surface area (Å²) in [5.74, 6) is -0.642. The molecule has 6 nitrogen and oxygen atoms in total. The molecule has 0 unspecified atom stereocenters. The Bertz CT molecular complexity index is 1330. The second-order valence-corrected chi connectivity index (χ2v) is 11.3. The van der Waals surface area contributed by atoms with Gasteiger partial charge in [0.15, 0.2) is 5.78 Å². The van der Waals surface area contributed by atoms with Gasteiger partial charge < -0.3 is 15.2 Å². The summed E-state index contributed by atoms with van der Waals surface area (Å²) in [5, 5.41) is 11.7. The predicted octanol–water partition coefficient (Wildman–Crippen LogP) is 7.14. The lowest BCUT2D eigenvalue weighted by molar-refractivity contribution is 0.0696. The molecule has 0 fully saturated rings. The van der Waals surface area contributed by atoms with Gasteiger partial charge in [0.25, 0.3) is 5.91 Å². The molecule has 0 aliphatic heterocycles. The molecule has 38 heavy (non-hydrogen) atoms. The van der Waals surface area contributed by atoms with E-state index in [1.807, 2.05) is 12.1 Å². The maximum Gasteiger partial charge on any atom is 0.335 e. The average Bonchev–Trinajstić information content (AvgIpc) is 2.86. The summed E-state index contributed by atoms with van der Waals surface area (Å²) in [6, 6.07) is 16.7. The normalized spacial score (nSPS) is 11.9. The molecule has 0 radical (unpaired) electrons. The van der Waals surface area contributed by atoms with E-state index < -0.39 is 5.97 Å². The maximum absolute atomic E-state index is 13.2. The molecule has 1 amide bonds. The van der Waals surface area contributed by atoms with Crippen molar-refractivity contribution in [3.63, 3.8) is 0 Å². The molecule has 3 aromatic carbocycles. The van der Waals surface area contributed by atoms with Crippen LogP contribution in [-0.4, -0.2) is 29.9 Å². The van der Waals surface area contributed by atoms with E-state index in [2.05, 4.69) is 46.9 Å². The summed E-state index contributed by atoms with van der Waals surface area (Å²) in [7, 11) is 1.67. The Labute approximate surface area is 224 Å². The minimum absolute atomic E-state index is 0.115. The van der Waals surface area contributed by atoms with Crippen LogP contribution in [0.5, 0.6) is 5.75 Å². The smallest absolute Gasteiger partial charge is 0.335 e. The van der Waals surface area contributed by atoms with Crippen molar-refractivity contribution in [3.05, 3.63) is 100 Å². The summed E-state index contributed by atoms with van der Waals surface area (Å²) in [4.78, 5) is 36.7. The second kappa shape index (κ2) is 11.1. The lowest BCUT2D eigenvalue weighted by atomic mass is 9.78. The van der Waals surface area contributed by atoms with Gasteiger partial charge in [-0.15, -0.1) is 0 Å². The van der Waals surface area contributed by atoms with Crippen molar-refractivity contribution < 1.29 is 24.2 Å². The van der Waals surface area contributed by atoms with Crippen molar-refractivity contribution >= 4 is 29.4 Å². The van der Waals surface area contributed by atoms with Crippen LogP contribution in [0.15, 0.2) is 66.7 Å². The lowest BCUT2D eigenvalue weighted by Gasteiger charge is -2.29. The van der Waals surface area contributed by atoms with Crippen molar-refractivity contribution in [1.29, 1.82) is 0 Å². The summed E-state index contributed by atoms with van der Waals surface area (Å²) in [5.41, 5.74) is 4.01. The number of methoxy groups -OCH3 is 1. The summed E-state index contributed by atoms with van der Waals surface area (Å²) < 4.78 is 5.79. The zero-order chi connectivity index (χ0) is 28.3. The van der Waals surface area contributed by atoms with Crippen molar-refractivity contribution in [2.45, 2.75) is 52.4 Å². The number of rotatable bonds is 7. The van der Waals surface area contributed by atoms with Gasteiger partial charge in [-0.3, -0.25) is 9.59 Å². The number of ketones is 1. The topological polar surface area (TPSA) is 92.7 Å². The van der Waals surface area contributed by atoms with Crippen LogP contribution in [0.4, 0.5) is 5.69 Å². The van der Waals surface area contributed by atoms with Gasteiger partial charge in [-0.2, -0.15) is 0 Å². The molecule has 0 spiro atoms. The molecule has 3 rings (SSSR count). The van der Waals surface area contributed by atoms with Crippen LogP contribution in [0.3, 0.4) is 0 Å². The number of carbonyl (C=O) groups is 3. The molecule has 0 saturated carbocycles. The fourth-order valence-corrected chi connectivity index (χ4v) is 4.02. The van der Waals surface area contributed by atoms with E-state index in [0.717, 1.165) is 22.4 Å². The van der Waals surface area contributed by atoms with Crippen molar-refractivity contribution in [3.8, 4) is 5.75 Å². The Kier molecular flexibility index (Phi) is 8.25. The fourth-order valence-electron chi connectivity index (χ4n) is 4.02. The first kappa shape index (κ1) is 28.4. The number of ether oxygens (including phenoxy) is 1. The number of hydrogen-bond acceptors (Lipinski definition) is 4. The Morgan fingerprint density at radius 2 is 1.26 bits per heavy atom. The highest BCUT2D eigenvalue weighted by Crippen LogP contribution is 2.40. The van der Waals surface area contributed by atoms with E-state index in [1.54, 1.807) is 55.7 Å². The van der Waals surface area contributed by atoms with E-state index in [-0.39, 0.29) is 28.1 Å². The van der Waals surface area contributed by atoms with Crippen LogP contribution in [0, 0.1) is 0 Å². The fraction of sp³-hybridized carbons (Fsp3) is 0.281. The second-order valence-electron chi connectivity index (χ2n) is 11.3. The molecule has 6 heteroatoms. The van der Waals surface area contributed by atoms with Crippen LogP contribution in [0.2, 0.25) is 0 Å². The van der Waals surface area contributed by atoms with E-state index in [0.29, 0.717) is 16.8 Å². The third-order valence-electron chi connectivity index (χ3n) is 6.18. The number of allylic oxidation sites excluding steroid dienone is 1. The first-order chi connectivity index (χ1) is 17.7. The maximum atomic E-state index is 13.2. The zero-order valence-corrected chi connectivity index (χ0v) is 23.0. The standard InChI is InChI=1S/C32H35NO5/c1-31(2,3)25-18-23(19-26(28(25)38-7)32(4,5)6)27(34)17-10-20-8-11-21(12-9-20)29(35)33-24-15-13-22(14-16-24)30(36)37/h8-19H,1-7H3,(H,33,35)(H,36,37)/b17-10+. The molecule has 0 aromatic heterocycles. The number of nitrogens with one attached hydrogen (secondary N) is 1. The van der Waals surface area contributed by atoms with Gasteiger partial charge in [0.2, 0.25) is 0 Å².